The number of hydrogen-bond donors (Lipinski definition) is 2. The van der Waals surface area contributed by atoms with Crippen LogP contribution in [0.4, 0.5) is 15.6 Å². The zero-order valence-electron chi connectivity index (χ0n) is 13.9. The lowest BCUT2D eigenvalue weighted by atomic mass is 10.2. The molecule has 0 spiro atoms. The van der Waals surface area contributed by atoms with Gasteiger partial charge in [-0.25, -0.2) is 9.78 Å². The van der Waals surface area contributed by atoms with Crippen LogP contribution in [0, 0.1) is 0 Å². The number of hydrogen-bond acceptors (Lipinski definition) is 5. The van der Waals surface area contributed by atoms with Crippen LogP contribution in [0.25, 0.3) is 0 Å². The highest BCUT2D eigenvalue weighted by atomic mass is 32.2. The van der Waals surface area contributed by atoms with E-state index in [4.69, 9.17) is 0 Å². The number of thiazole rings is 1. The fraction of sp³-hybridized carbons (Fsp3) is 0.333. The summed E-state index contributed by atoms with van der Waals surface area (Å²) < 4.78 is 27.1. The molecule has 2 heterocycles. The molecule has 0 atom stereocenters. The van der Waals surface area contributed by atoms with E-state index in [1.54, 1.807) is 12.1 Å². The van der Waals surface area contributed by atoms with Crippen molar-refractivity contribution in [3.05, 3.63) is 40.9 Å². The molecule has 1 aromatic heterocycles. The molecule has 0 saturated heterocycles. The highest BCUT2D eigenvalue weighted by Crippen LogP contribution is 2.29. The van der Waals surface area contributed by atoms with Crippen molar-refractivity contribution in [1.29, 1.82) is 0 Å². The molecule has 0 aliphatic carbocycles. The summed E-state index contributed by atoms with van der Waals surface area (Å²) in [6.07, 6.45) is 0.529. The summed E-state index contributed by atoms with van der Waals surface area (Å²) in [5.74, 6) is 0. The Bertz CT molecular complexity index is 865. The lowest BCUT2D eigenvalue weighted by Gasteiger charge is -2.27. The largest absolute Gasteiger partial charge is 0.325 e. The average molecular weight is 381 g/mol. The lowest BCUT2D eigenvalue weighted by molar-refractivity contribution is 0.262. The molecule has 2 amide bonds. The third-order valence-corrected chi connectivity index (χ3v) is 6.62. The molecule has 0 bridgehead atoms. The van der Waals surface area contributed by atoms with Crippen LogP contribution in [0.1, 0.15) is 10.6 Å². The van der Waals surface area contributed by atoms with Gasteiger partial charge in [0.1, 0.15) is 0 Å². The zero-order valence-corrected chi connectivity index (χ0v) is 15.5. The first-order valence-corrected chi connectivity index (χ1v) is 9.87. The summed E-state index contributed by atoms with van der Waals surface area (Å²) in [5.41, 5.74) is 1.52. The van der Waals surface area contributed by atoms with Crippen LogP contribution in [0.5, 0.6) is 0 Å². The Labute approximate surface area is 150 Å². The predicted octanol–water partition coefficient (Wildman–Crippen LogP) is 1.95. The normalized spacial score (nSPS) is 15.0. The minimum absolute atomic E-state index is 0.273. The van der Waals surface area contributed by atoms with Gasteiger partial charge in [0, 0.05) is 37.6 Å². The molecule has 2 aromatic rings. The molecule has 1 aliphatic rings. The van der Waals surface area contributed by atoms with Crippen LogP contribution in [0.3, 0.4) is 0 Å². The minimum atomic E-state index is -3.45. The van der Waals surface area contributed by atoms with Gasteiger partial charge < -0.3 is 5.32 Å². The first-order chi connectivity index (χ1) is 11.9. The Morgan fingerprint density at radius 2 is 1.96 bits per heavy atom. The maximum absolute atomic E-state index is 12.2. The predicted molar refractivity (Wildman–Crippen MR) is 97.9 cm³/mol. The summed E-state index contributed by atoms with van der Waals surface area (Å²) in [6.45, 7) is 0.655. The van der Waals surface area contributed by atoms with Crippen LogP contribution in [-0.2, 0) is 23.2 Å². The zero-order chi connectivity index (χ0) is 18.0. The molecule has 0 unspecified atom stereocenters. The number of carbonyl (C=O) groups is 1. The quantitative estimate of drug-likeness (QED) is 0.846. The van der Waals surface area contributed by atoms with Crippen LogP contribution < -0.4 is 10.6 Å². The Morgan fingerprint density at radius 1 is 1.24 bits per heavy atom. The first-order valence-electron chi connectivity index (χ1n) is 7.65. The standard InChI is InChI=1S/C15H19N5O3S2/c1-19(2)25(22,23)20-9-8-12-13(10-20)24-15(17-12)18-14(21)16-11-6-4-3-5-7-11/h3-7H,8-10H2,1-2H3,(H2,16,17,18,21). The van der Waals surface area contributed by atoms with Gasteiger partial charge in [-0.3, -0.25) is 5.32 Å². The monoisotopic (exact) mass is 381 g/mol. The van der Waals surface area contributed by atoms with E-state index < -0.39 is 10.2 Å². The summed E-state index contributed by atoms with van der Waals surface area (Å²) in [5, 5.41) is 5.89. The second kappa shape index (κ2) is 7.08. The molecule has 8 nitrogen and oxygen atoms in total. The number of nitrogens with zero attached hydrogens (tertiary/aromatic N) is 3. The smallest absolute Gasteiger partial charge is 0.308 e. The molecule has 3 rings (SSSR count). The second-order valence-electron chi connectivity index (χ2n) is 5.71. The maximum Gasteiger partial charge on any atom is 0.325 e. The highest BCUT2D eigenvalue weighted by molar-refractivity contribution is 7.86. The van der Waals surface area contributed by atoms with Crippen molar-refractivity contribution in [1.82, 2.24) is 13.6 Å². The Morgan fingerprint density at radius 3 is 2.64 bits per heavy atom. The molecule has 2 N–H and O–H groups in total. The van der Waals surface area contributed by atoms with Gasteiger partial charge in [0.15, 0.2) is 5.13 Å². The fourth-order valence-corrected chi connectivity index (χ4v) is 4.61. The fourth-order valence-electron chi connectivity index (χ4n) is 2.43. The number of aromatic nitrogens is 1. The maximum atomic E-state index is 12.2. The number of amides is 2. The number of carbonyl (C=O) groups excluding carboxylic acids is 1. The molecule has 0 fully saturated rings. The number of rotatable bonds is 4. The number of urea groups is 1. The van der Waals surface area contributed by atoms with E-state index in [0.29, 0.717) is 23.8 Å². The summed E-state index contributed by atoms with van der Waals surface area (Å²) >= 11 is 1.30. The van der Waals surface area contributed by atoms with Gasteiger partial charge in [-0.15, -0.1) is 0 Å². The molecule has 1 aliphatic heterocycles. The van der Waals surface area contributed by atoms with Crippen molar-refractivity contribution in [2.75, 3.05) is 31.3 Å². The number of fused-ring (bicyclic) bond motifs is 1. The highest BCUT2D eigenvalue weighted by Gasteiger charge is 2.30. The van der Waals surface area contributed by atoms with Gasteiger partial charge in [-0.2, -0.15) is 17.0 Å². The van der Waals surface area contributed by atoms with Crippen molar-refractivity contribution in [2.24, 2.45) is 0 Å². The topological polar surface area (TPSA) is 94.6 Å². The summed E-state index contributed by atoms with van der Waals surface area (Å²) in [7, 11) is -0.427. The van der Waals surface area contributed by atoms with Crippen molar-refractivity contribution >= 4 is 38.4 Å². The van der Waals surface area contributed by atoms with E-state index in [1.165, 1.54) is 34.0 Å². The van der Waals surface area contributed by atoms with Gasteiger partial charge in [-0.1, -0.05) is 29.5 Å². The van der Waals surface area contributed by atoms with Gasteiger partial charge in [-0.05, 0) is 12.1 Å². The van der Waals surface area contributed by atoms with Crippen molar-refractivity contribution in [2.45, 2.75) is 13.0 Å². The Hall–Kier alpha value is -2.01. The number of nitrogens with one attached hydrogen (secondary N) is 2. The van der Waals surface area contributed by atoms with Gasteiger partial charge in [0.25, 0.3) is 10.2 Å². The third kappa shape index (κ3) is 3.98. The van der Waals surface area contributed by atoms with Crippen molar-refractivity contribution < 1.29 is 13.2 Å². The first kappa shape index (κ1) is 17.8. The van der Waals surface area contributed by atoms with Gasteiger partial charge in [0.2, 0.25) is 0 Å². The molecule has 134 valence electrons. The van der Waals surface area contributed by atoms with E-state index in [1.807, 2.05) is 18.2 Å². The number of para-hydroxylation sites is 1. The van der Waals surface area contributed by atoms with Crippen LogP contribution in [0.15, 0.2) is 30.3 Å². The molecule has 25 heavy (non-hydrogen) atoms. The lowest BCUT2D eigenvalue weighted by Crippen LogP contribution is -2.42. The molecule has 1 aromatic carbocycles. The van der Waals surface area contributed by atoms with Crippen molar-refractivity contribution in [3.63, 3.8) is 0 Å². The summed E-state index contributed by atoms with van der Waals surface area (Å²) in [6, 6.07) is 8.72. The third-order valence-electron chi connectivity index (χ3n) is 3.74. The molecule has 10 heteroatoms. The molecular weight excluding hydrogens is 362 g/mol. The number of anilines is 2. The Balaban J connectivity index is 1.67. The number of benzene rings is 1. The Kier molecular flexibility index (Phi) is 5.04. The minimum Gasteiger partial charge on any atom is -0.308 e. The van der Waals surface area contributed by atoms with Gasteiger partial charge in [0.05, 0.1) is 12.2 Å². The van der Waals surface area contributed by atoms with Gasteiger partial charge >= 0.3 is 6.03 Å². The van der Waals surface area contributed by atoms with Crippen LogP contribution in [-0.4, -0.2) is 48.7 Å². The van der Waals surface area contributed by atoms with Crippen LogP contribution in [0.2, 0.25) is 0 Å². The van der Waals surface area contributed by atoms with Crippen LogP contribution >= 0.6 is 11.3 Å². The van der Waals surface area contributed by atoms with E-state index in [-0.39, 0.29) is 12.6 Å². The second-order valence-corrected chi connectivity index (χ2v) is 8.93. The van der Waals surface area contributed by atoms with E-state index in [9.17, 15) is 13.2 Å². The molecule has 0 radical (unpaired) electrons. The summed E-state index contributed by atoms with van der Waals surface area (Å²) in [4.78, 5) is 17.3. The van der Waals surface area contributed by atoms with Crippen molar-refractivity contribution in [3.8, 4) is 0 Å². The molecule has 0 saturated carbocycles. The molecular formula is C15H19N5O3S2. The van der Waals surface area contributed by atoms with E-state index >= 15 is 0 Å². The van der Waals surface area contributed by atoms with E-state index in [2.05, 4.69) is 15.6 Å². The average Bonchev–Trinajstić information content (AvgIpc) is 2.96. The van der Waals surface area contributed by atoms with E-state index in [0.717, 1.165) is 10.6 Å². The SMILES string of the molecule is CN(C)S(=O)(=O)N1CCc2nc(NC(=O)Nc3ccccc3)sc2C1.